The molecule has 1 aromatic carbocycles. The van der Waals surface area contributed by atoms with Crippen molar-refractivity contribution in [3.05, 3.63) is 35.9 Å². The van der Waals surface area contributed by atoms with E-state index in [1.165, 1.54) is 0 Å². The summed E-state index contributed by atoms with van der Waals surface area (Å²) in [5.41, 5.74) is 6.51. The van der Waals surface area contributed by atoms with Crippen LogP contribution in [-0.2, 0) is 4.79 Å². The molecule has 0 bridgehead atoms. The minimum atomic E-state index is -0.0225. The lowest BCUT2D eigenvalue weighted by Gasteiger charge is -2.27. The Hall–Kier alpha value is -1.35. The first-order valence-corrected chi connectivity index (χ1v) is 5.21. The van der Waals surface area contributed by atoms with Crippen molar-refractivity contribution in [1.82, 2.24) is 4.90 Å². The maximum atomic E-state index is 11.5. The number of likely N-dealkylation sites (N-methyl/N-ethyl adjacent to an activating group) is 1. The third kappa shape index (κ3) is 2.80. The minimum absolute atomic E-state index is 0.0225. The molecule has 0 aliphatic carbocycles. The molecule has 1 rings (SSSR count). The summed E-state index contributed by atoms with van der Waals surface area (Å²) in [6, 6.07) is 10.1. The van der Waals surface area contributed by atoms with Gasteiger partial charge in [-0.25, -0.2) is 0 Å². The van der Waals surface area contributed by atoms with E-state index in [2.05, 4.69) is 6.92 Å². The molecule has 15 heavy (non-hydrogen) atoms. The van der Waals surface area contributed by atoms with Gasteiger partial charge in [0.15, 0.2) is 0 Å². The maximum absolute atomic E-state index is 11.5. The standard InChI is InChI=1S/C12H18N2O/c1-3-11(14(2)12(15)9-13)10-7-5-4-6-8-10/h4-8,11H,3,9,13H2,1-2H3/t11-/m1/s1. The largest absolute Gasteiger partial charge is 0.338 e. The van der Waals surface area contributed by atoms with E-state index in [0.29, 0.717) is 0 Å². The van der Waals surface area contributed by atoms with E-state index in [1.54, 1.807) is 11.9 Å². The molecule has 0 aromatic heterocycles. The van der Waals surface area contributed by atoms with Gasteiger partial charge < -0.3 is 10.6 Å². The molecular weight excluding hydrogens is 188 g/mol. The summed E-state index contributed by atoms with van der Waals surface area (Å²) in [7, 11) is 1.80. The summed E-state index contributed by atoms with van der Waals surface area (Å²) in [6.07, 6.45) is 0.895. The van der Waals surface area contributed by atoms with E-state index in [0.717, 1.165) is 12.0 Å². The number of carbonyl (C=O) groups excluding carboxylic acids is 1. The Kier molecular flexibility index (Phi) is 4.31. The van der Waals surface area contributed by atoms with Gasteiger partial charge in [0, 0.05) is 7.05 Å². The molecule has 0 spiro atoms. The number of nitrogens with zero attached hydrogens (tertiary/aromatic N) is 1. The number of carbonyl (C=O) groups is 1. The lowest BCUT2D eigenvalue weighted by Crippen LogP contribution is -2.35. The van der Waals surface area contributed by atoms with E-state index in [9.17, 15) is 4.79 Å². The van der Waals surface area contributed by atoms with Crippen molar-refractivity contribution in [3.8, 4) is 0 Å². The highest BCUT2D eigenvalue weighted by molar-refractivity contribution is 5.78. The number of benzene rings is 1. The molecule has 0 heterocycles. The van der Waals surface area contributed by atoms with Crippen molar-refractivity contribution in [2.75, 3.05) is 13.6 Å². The molecule has 0 aliphatic rings. The van der Waals surface area contributed by atoms with Gasteiger partial charge in [-0.1, -0.05) is 37.3 Å². The molecule has 1 amide bonds. The SMILES string of the molecule is CC[C@H](c1ccccc1)N(C)C(=O)CN. The van der Waals surface area contributed by atoms with Crippen molar-refractivity contribution in [2.24, 2.45) is 5.73 Å². The van der Waals surface area contributed by atoms with Crippen LogP contribution in [0.5, 0.6) is 0 Å². The number of rotatable bonds is 4. The van der Waals surface area contributed by atoms with Crippen LogP contribution in [0.4, 0.5) is 0 Å². The molecule has 0 saturated carbocycles. The molecule has 2 N–H and O–H groups in total. The Morgan fingerprint density at radius 3 is 2.47 bits per heavy atom. The van der Waals surface area contributed by atoms with Gasteiger partial charge in [0.1, 0.15) is 0 Å². The van der Waals surface area contributed by atoms with E-state index >= 15 is 0 Å². The van der Waals surface area contributed by atoms with Crippen molar-refractivity contribution in [2.45, 2.75) is 19.4 Å². The summed E-state index contributed by atoms with van der Waals surface area (Å²) >= 11 is 0. The Balaban J connectivity index is 2.85. The second-order valence-corrected chi connectivity index (χ2v) is 3.54. The summed E-state index contributed by atoms with van der Waals surface area (Å²) in [5, 5.41) is 0. The average Bonchev–Trinajstić information content (AvgIpc) is 2.30. The topological polar surface area (TPSA) is 46.3 Å². The summed E-state index contributed by atoms with van der Waals surface area (Å²) < 4.78 is 0. The van der Waals surface area contributed by atoms with Gasteiger partial charge in [0.05, 0.1) is 12.6 Å². The zero-order valence-corrected chi connectivity index (χ0v) is 9.31. The van der Waals surface area contributed by atoms with Gasteiger partial charge in [-0.3, -0.25) is 4.79 Å². The first-order chi connectivity index (χ1) is 7.20. The van der Waals surface area contributed by atoms with Crippen LogP contribution < -0.4 is 5.73 Å². The molecule has 1 atom stereocenters. The van der Waals surface area contributed by atoms with Crippen molar-refractivity contribution >= 4 is 5.91 Å². The van der Waals surface area contributed by atoms with Crippen molar-refractivity contribution in [3.63, 3.8) is 0 Å². The number of hydrogen-bond acceptors (Lipinski definition) is 2. The second-order valence-electron chi connectivity index (χ2n) is 3.54. The molecule has 0 aliphatic heterocycles. The first kappa shape index (κ1) is 11.7. The summed E-state index contributed by atoms with van der Waals surface area (Å²) in [4.78, 5) is 13.2. The average molecular weight is 206 g/mol. The summed E-state index contributed by atoms with van der Waals surface area (Å²) in [5.74, 6) is -0.0225. The maximum Gasteiger partial charge on any atom is 0.236 e. The van der Waals surface area contributed by atoms with Crippen LogP contribution in [0.1, 0.15) is 24.9 Å². The van der Waals surface area contributed by atoms with E-state index in [1.807, 2.05) is 30.3 Å². The molecule has 0 fully saturated rings. The molecule has 3 nitrogen and oxygen atoms in total. The van der Waals surface area contributed by atoms with Crippen LogP contribution in [0.3, 0.4) is 0 Å². The predicted molar refractivity (Wildman–Crippen MR) is 61.3 cm³/mol. The molecule has 1 aromatic rings. The zero-order valence-electron chi connectivity index (χ0n) is 9.31. The monoisotopic (exact) mass is 206 g/mol. The summed E-state index contributed by atoms with van der Waals surface area (Å²) in [6.45, 7) is 2.14. The van der Waals surface area contributed by atoms with Crippen molar-refractivity contribution in [1.29, 1.82) is 0 Å². The number of amides is 1. The lowest BCUT2D eigenvalue weighted by atomic mass is 10.0. The van der Waals surface area contributed by atoms with Crippen LogP contribution in [0.2, 0.25) is 0 Å². The quantitative estimate of drug-likeness (QED) is 0.812. The second kappa shape index (κ2) is 5.51. The molecular formula is C12H18N2O. The fourth-order valence-corrected chi connectivity index (χ4v) is 1.73. The van der Waals surface area contributed by atoms with Gasteiger partial charge in [-0.2, -0.15) is 0 Å². The Bertz CT molecular complexity index is 311. The van der Waals surface area contributed by atoms with Crippen LogP contribution in [0.15, 0.2) is 30.3 Å². The van der Waals surface area contributed by atoms with Gasteiger partial charge in [-0.05, 0) is 12.0 Å². The Morgan fingerprint density at radius 2 is 2.00 bits per heavy atom. The fourth-order valence-electron chi connectivity index (χ4n) is 1.73. The Labute approximate surface area is 90.9 Å². The predicted octanol–water partition coefficient (Wildman–Crippen LogP) is 1.55. The van der Waals surface area contributed by atoms with Gasteiger partial charge >= 0.3 is 0 Å². The number of nitrogens with two attached hydrogens (primary N) is 1. The van der Waals surface area contributed by atoms with Gasteiger partial charge in [0.25, 0.3) is 0 Å². The van der Waals surface area contributed by atoms with Crippen LogP contribution in [-0.4, -0.2) is 24.4 Å². The third-order valence-corrected chi connectivity index (χ3v) is 2.61. The molecule has 3 heteroatoms. The molecule has 0 unspecified atom stereocenters. The highest BCUT2D eigenvalue weighted by atomic mass is 16.2. The smallest absolute Gasteiger partial charge is 0.236 e. The molecule has 0 saturated heterocycles. The molecule has 0 radical (unpaired) electrons. The normalized spacial score (nSPS) is 12.2. The minimum Gasteiger partial charge on any atom is -0.338 e. The lowest BCUT2D eigenvalue weighted by molar-refractivity contribution is -0.130. The van der Waals surface area contributed by atoms with Crippen LogP contribution in [0.25, 0.3) is 0 Å². The van der Waals surface area contributed by atoms with E-state index in [-0.39, 0.29) is 18.5 Å². The van der Waals surface area contributed by atoms with Crippen LogP contribution in [0, 0.1) is 0 Å². The first-order valence-electron chi connectivity index (χ1n) is 5.21. The Morgan fingerprint density at radius 1 is 1.40 bits per heavy atom. The van der Waals surface area contributed by atoms with E-state index < -0.39 is 0 Å². The van der Waals surface area contributed by atoms with Gasteiger partial charge in [0.2, 0.25) is 5.91 Å². The highest BCUT2D eigenvalue weighted by Crippen LogP contribution is 2.22. The third-order valence-electron chi connectivity index (χ3n) is 2.61. The van der Waals surface area contributed by atoms with E-state index in [4.69, 9.17) is 5.73 Å². The number of hydrogen-bond donors (Lipinski definition) is 1. The van der Waals surface area contributed by atoms with Crippen LogP contribution >= 0.6 is 0 Å². The highest BCUT2D eigenvalue weighted by Gasteiger charge is 2.18. The fraction of sp³-hybridized carbons (Fsp3) is 0.417. The van der Waals surface area contributed by atoms with Crippen molar-refractivity contribution < 1.29 is 4.79 Å². The molecule has 82 valence electrons. The zero-order chi connectivity index (χ0) is 11.3. The van der Waals surface area contributed by atoms with Gasteiger partial charge in [-0.15, -0.1) is 0 Å².